The van der Waals surface area contributed by atoms with E-state index >= 15 is 0 Å². The molecule has 0 spiro atoms. The number of para-hydroxylation sites is 1. The zero-order valence-corrected chi connectivity index (χ0v) is 20.8. The second-order valence-electron chi connectivity index (χ2n) is 8.00. The number of hydrogen-bond donors (Lipinski definition) is 3. The summed E-state index contributed by atoms with van der Waals surface area (Å²) in [5, 5.41) is 9.63. The van der Waals surface area contributed by atoms with Crippen LogP contribution in [-0.2, 0) is 16.1 Å². The van der Waals surface area contributed by atoms with Crippen LogP contribution < -0.4 is 20.9 Å². The number of fused-ring (bicyclic) bond motifs is 1. The number of halogens is 1. The minimum absolute atomic E-state index is 0. The molecule has 2 aromatic rings. The molecule has 3 N–H and O–H groups in total. The van der Waals surface area contributed by atoms with E-state index in [1.807, 2.05) is 24.4 Å². The van der Waals surface area contributed by atoms with Gasteiger partial charge in [0.05, 0.1) is 12.7 Å². The number of ether oxygens (including phenoxy) is 1. The van der Waals surface area contributed by atoms with Crippen molar-refractivity contribution in [2.45, 2.75) is 31.9 Å². The summed E-state index contributed by atoms with van der Waals surface area (Å²) in [6.45, 7) is 5.81. The maximum atomic E-state index is 12.0. The Morgan fingerprint density at radius 3 is 2.88 bits per heavy atom. The monoisotopic (exact) mass is 550 g/mol. The number of guanidine groups is 1. The zero-order chi connectivity index (χ0) is 21.6. The lowest BCUT2D eigenvalue weighted by atomic mass is 9.90. The number of nitrogens with zero attached hydrogens (tertiary/aromatic N) is 3. The lowest BCUT2D eigenvalue weighted by Gasteiger charge is -2.32. The van der Waals surface area contributed by atoms with Crippen LogP contribution in [0.1, 0.15) is 30.4 Å². The Labute approximate surface area is 206 Å². The van der Waals surface area contributed by atoms with Crippen LogP contribution in [-0.4, -0.2) is 56.2 Å². The Morgan fingerprint density at radius 2 is 2.12 bits per heavy atom. The third-order valence-corrected chi connectivity index (χ3v) is 5.68. The van der Waals surface area contributed by atoms with E-state index in [1.165, 1.54) is 0 Å². The first-order valence-electron chi connectivity index (χ1n) is 10.8. The molecule has 2 aliphatic heterocycles. The number of amides is 1. The molecule has 2 atom stereocenters. The summed E-state index contributed by atoms with van der Waals surface area (Å²) in [6, 6.07) is 12.1. The van der Waals surface area contributed by atoms with Crippen molar-refractivity contribution in [2.75, 3.05) is 43.5 Å². The highest BCUT2D eigenvalue weighted by atomic mass is 127. The fraction of sp³-hybridized carbons (Fsp3) is 0.435. The number of pyridine rings is 1. The summed E-state index contributed by atoms with van der Waals surface area (Å²) in [4.78, 5) is 23.2. The van der Waals surface area contributed by atoms with Crippen LogP contribution in [0.3, 0.4) is 0 Å². The van der Waals surface area contributed by atoms with Crippen molar-refractivity contribution in [1.29, 1.82) is 0 Å². The van der Waals surface area contributed by atoms with Crippen LogP contribution in [0.4, 0.5) is 11.5 Å². The molecule has 8 nitrogen and oxygen atoms in total. The summed E-state index contributed by atoms with van der Waals surface area (Å²) in [7, 11) is 1.75. The van der Waals surface area contributed by atoms with Crippen molar-refractivity contribution in [2.24, 2.45) is 4.99 Å². The zero-order valence-electron chi connectivity index (χ0n) is 18.5. The predicted molar refractivity (Wildman–Crippen MR) is 138 cm³/mol. The van der Waals surface area contributed by atoms with Gasteiger partial charge in [-0.15, -0.1) is 24.0 Å². The molecule has 0 saturated carbocycles. The SMILES string of the molecule is CN=C(NCc1ccc(N2CCOC(C)C2)nc1)NCC1CC(=O)Nc2ccccc21.I. The van der Waals surface area contributed by atoms with Gasteiger partial charge >= 0.3 is 0 Å². The summed E-state index contributed by atoms with van der Waals surface area (Å²) in [6.07, 6.45) is 2.60. The maximum absolute atomic E-state index is 12.0. The van der Waals surface area contributed by atoms with Crippen LogP contribution in [0.15, 0.2) is 47.6 Å². The number of anilines is 2. The second-order valence-corrected chi connectivity index (χ2v) is 8.00. The number of morpholine rings is 1. The van der Waals surface area contributed by atoms with E-state index in [0.717, 1.165) is 42.3 Å². The van der Waals surface area contributed by atoms with Gasteiger partial charge in [-0.2, -0.15) is 0 Å². The van der Waals surface area contributed by atoms with Gasteiger partial charge in [-0.1, -0.05) is 24.3 Å². The van der Waals surface area contributed by atoms with E-state index in [-0.39, 0.29) is 41.9 Å². The van der Waals surface area contributed by atoms with Gasteiger partial charge in [-0.05, 0) is 30.2 Å². The predicted octanol–water partition coefficient (Wildman–Crippen LogP) is 2.72. The summed E-state index contributed by atoms with van der Waals surface area (Å²) >= 11 is 0. The van der Waals surface area contributed by atoms with Gasteiger partial charge in [0, 0.05) is 57.4 Å². The molecule has 2 aliphatic rings. The van der Waals surface area contributed by atoms with Crippen molar-refractivity contribution >= 4 is 47.3 Å². The molecule has 1 aromatic heterocycles. The highest BCUT2D eigenvalue weighted by molar-refractivity contribution is 14.0. The van der Waals surface area contributed by atoms with Gasteiger partial charge < -0.3 is 25.6 Å². The maximum Gasteiger partial charge on any atom is 0.225 e. The standard InChI is InChI=1S/C23H30N6O2.HI/c1-16-15-29(9-10-31-16)21-8-7-17(12-25-21)13-26-23(24-2)27-14-18-11-22(30)28-20-6-4-3-5-19(18)20;/h3-8,12,16,18H,9-11,13-15H2,1-2H3,(H,28,30)(H2,24,26,27);1H. The van der Waals surface area contributed by atoms with Crippen molar-refractivity contribution in [1.82, 2.24) is 15.6 Å². The quantitative estimate of drug-likeness (QED) is 0.302. The van der Waals surface area contributed by atoms with Gasteiger partial charge in [0.1, 0.15) is 5.82 Å². The van der Waals surface area contributed by atoms with E-state index in [1.54, 1.807) is 7.05 Å². The normalized spacial score (nSPS) is 20.6. The first kappa shape index (κ1) is 24.2. The van der Waals surface area contributed by atoms with E-state index in [9.17, 15) is 4.79 Å². The number of carbonyl (C=O) groups is 1. The van der Waals surface area contributed by atoms with Gasteiger partial charge in [-0.25, -0.2) is 4.98 Å². The topological polar surface area (TPSA) is 90.9 Å². The molecule has 0 bridgehead atoms. The number of aromatic nitrogens is 1. The number of carbonyl (C=O) groups excluding carboxylic acids is 1. The highest BCUT2D eigenvalue weighted by Gasteiger charge is 2.24. The molecule has 1 saturated heterocycles. The largest absolute Gasteiger partial charge is 0.375 e. The number of hydrogen-bond acceptors (Lipinski definition) is 5. The number of nitrogens with one attached hydrogen (secondary N) is 3. The van der Waals surface area contributed by atoms with E-state index in [0.29, 0.717) is 25.5 Å². The molecule has 1 fully saturated rings. The first-order chi connectivity index (χ1) is 15.1. The van der Waals surface area contributed by atoms with Crippen LogP contribution in [0.25, 0.3) is 0 Å². The minimum atomic E-state index is 0. The molecular formula is C23H31IN6O2. The Hall–Kier alpha value is -2.40. The molecule has 3 heterocycles. The fourth-order valence-corrected chi connectivity index (χ4v) is 4.05. The Balaban J connectivity index is 0.00000289. The number of aliphatic imine (C=N–C) groups is 1. The van der Waals surface area contributed by atoms with Crippen LogP contribution >= 0.6 is 24.0 Å². The van der Waals surface area contributed by atoms with Gasteiger partial charge in [0.2, 0.25) is 5.91 Å². The van der Waals surface area contributed by atoms with Crippen molar-refractivity contribution in [3.8, 4) is 0 Å². The molecule has 4 rings (SSSR count). The van der Waals surface area contributed by atoms with E-state index in [4.69, 9.17) is 4.74 Å². The highest BCUT2D eigenvalue weighted by Crippen LogP contribution is 2.31. The number of benzene rings is 1. The average molecular weight is 550 g/mol. The summed E-state index contributed by atoms with van der Waals surface area (Å²) in [5.41, 5.74) is 3.13. The van der Waals surface area contributed by atoms with Crippen molar-refractivity contribution < 1.29 is 9.53 Å². The second kappa shape index (κ2) is 11.5. The average Bonchev–Trinajstić information content (AvgIpc) is 2.79. The third-order valence-electron chi connectivity index (χ3n) is 5.68. The first-order valence-corrected chi connectivity index (χ1v) is 10.8. The lowest BCUT2D eigenvalue weighted by Crippen LogP contribution is -2.41. The van der Waals surface area contributed by atoms with Crippen LogP contribution in [0.2, 0.25) is 0 Å². The van der Waals surface area contributed by atoms with Crippen LogP contribution in [0.5, 0.6) is 0 Å². The molecule has 9 heteroatoms. The van der Waals surface area contributed by atoms with Gasteiger partial charge in [-0.3, -0.25) is 9.79 Å². The molecule has 172 valence electrons. The van der Waals surface area contributed by atoms with Gasteiger partial charge in [0.25, 0.3) is 0 Å². The molecule has 1 aromatic carbocycles. The fourth-order valence-electron chi connectivity index (χ4n) is 4.05. The van der Waals surface area contributed by atoms with E-state index in [2.05, 4.69) is 55.9 Å². The minimum Gasteiger partial charge on any atom is -0.375 e. The van der Waals surface area contributed by atoms with Gasteiger partial charge in [0.15, 0.2) is 5.96 Å². The van der Waals surface area contributed by atoms with E-state index < -0.39 is 0 Å². The number of rotatable bonds is 5. The summed E-state index contributed by atoms with van der Waals surface area (Å²) < 4.78 is 5.60. The molecule has 0 aliphatic carbocycles. The Kier molecular flexibility index (Phi) is 8.68. The third kappa shape index (κ3) is 6.10. The van der Waals surface area contributed by atoms with Crippen LogP contribution in [0, 0.1) is 0 Å². The van der Waals surface area contributed by atoms with Crippen molar-refractivity contribution in [3.63, 3.8) is 0 Å². The molecule has 0 radical (unpaired) electrons. The summed E-state index contributed by atoms with van der Waals surface area (Å²) in [5.74, 6) is 1.85. The lowest BCUT2D eigenvalue weighted by molar-refractivity contribution is -0.116. The van der Waals surface area contributed by atoms with Crippen molar-refractivity contribution in [3.05, 3.63) is 53.7 Å². The molecule has 2 unspecified atom stereocenters. The molecular weight excluding hydrogens is 519 g/mol. The molecule has 1 amide bonds. The molecule has 32 heavy (non-hydrogen) atoms. The Morgan fingerprint density at radius 1 is 1.28 bits per heavy atom. The Bertz CT molecular complexity index is 936. The smallest absolute Gasteiger partial charge is 0.225 e.